The number of carbonyl (C=O) groups is 2. The Morgan fingerprint density at radius 3 is 2.46 bits per heavy atom. The van der Waals surface area contributed by atoms with Gasteiger partial charge < -0.3 is 24.2 Å². The standard InChI is InChI=1S/C34H34Cl2N4O7S/c1-44-27-8-6-22(15-29(27)45-2)28(16-24-25(35)18-39(43)19-26(24)36)46-33(41)31-9-7-23(48-31)17-40(32-5-3-4-12-37-32)34(42)47-30-20-38-13-10-21(30)11-14-38/h3-9,12,15,18-19,21,28,30H,10-11,13-14,16-17,20H2,1-2H3/t28-,30-/m0/s1. The lowest BCUT2D eigenvalue weighted by atomic mass is 9.86. The number of hydrogen-bond donors (Lipinski definition) is 0. The van der Waals surface area contributed by atoms with E-state index in [1.165, 1.54) is 42.8 Å². The van der Waals surface area contributed by atoms with E-state index < -0.39 is 18.2 Å². The smallest absolute Gasteiger partial charge is 0.416 e. The molecule has 7 rings (SSSR count). The van der Waals surface area contributed by atoms with Gasteiger partial charge in [-0.1, -0.05) is 35.3 Å². The number of amides is 1. The summed E-state index contributed by atoms with van der Waals surface area (Å²) >= 11 is 14.0. The minimum atomic E-state index is -0.859. The second-order valence-electron chi connectivity index (χ2n) is 11.6. The molecule has 6 heterocycles. The van der Waals surface area contributed by atoms with E-state index in [-0.39, 0.29) is 29.1 Å². The molecule has 0 spiro atoms. The van der Waals surface area contributed by atoms with Crippen LogP contribution in [0.4, 0.5) is 10.6 Å². The molecule has 3 saturated heterocycles. The number of hydrogen-bond acceptors (Lipinski definition) is 10. The lowest BCUT2D eigenvalue weighted by Gasteiger charge is -2.44. The molecule has 3 aromatic heterocycles. The van der Waals surface area contributed by atoms with Gasteiger partial charge in [-0.15, -0.1) is 11.3 Å². The van der Waals surface area contributed by atoms with Gasteiger partial charge in [0.1, 0.15) is 32.9 Å². The third-order valence-corrected chi connectivity index (χ3v) is 10.3. The molecule has 4 aromatic rings. The zero-order valence-electron chi connectivity index (χ0n) is 26.3. The summed E-state index contributed by atoms with van der Waals surface area (Å²) in [6, 6.07) is 14.0. The Labute approximate surface area is 292 Å². The van der Waals surface area contributed by atoms with Gasteiger partial charge in [0.05, 0.1) is 20.8 Å². The van der Waals surface area contributed by atoms with E-state index in [0.29, 0.717) is 44.0 Å². The number of carbonyl (C=O) groups excluding carboxylic acids is 2. The van der Waals surface area contributed by atoms with Crippen LogP contribution in [0.3, 0.4) is 0 Å². The van der Waals surface area contributed by atoms with Crippen molar-refractivity contribution in [1.29, 1.82) is 0 Å². The number of nitrogens with zero attached hydrogens (tertiary/aromatic N) is 4. The van der Waals surface area contributed by atoms with Gasteiger partial charge >= 0.3 is 12.1 Å². The van der Waals surface area contributed by atoms with Crippen LogP contribution in [0.2, 0.25) is 10.0 Å². The Hall–Kier alpha value is -4.10. The van der Waals surface area contributed by atoms with Crippen LogP contribution in [0.25, 0.3) is 0 Å². The Kier molecular flexibility index (Phi) is 10.5. The van der Waals surface area contributed by atoms with Crippen molar-refractivity contribution in [2.24, 2.45) is 5.92 Å². The Morgan fingerprint density at radius 1 is 1.06 bits per heavy atom. The topological polar surface area (TPSA) is 117 Å². The minimum absolute atomic E-state index is 0.0802. The van der Waals surface area contributed by atoms with Gasteiger partial charge in [-0.25, -0.2) is 14.6 Å². The largest absolute Gasteiger partial charge is 0.619 e. The molecule has 1 amide bonds. The van der Waals surface area contributed by atoms with Crippen molar-refractivity contribution in [3.8, 4) is 11.5 Å². The van der Waals surface area contributed by atoms with Gasteiger partial charge in [0.25, 0.3) is 0 Å². The fourth-order valence-corrected chi connectivity index (χ4v) is 7.58. The monoisotopic (exact) mass is 712 g/mol. The van der Waals surface area contributed by atoms with Gasteiger partial charge in [-0.3, -0.25) is 9.80 Å². The molecule has 48 heavy (non-hydrogen) atoms. The number of piperidine rings is 3. The van der Waals surface area contributed by atoms with Crippen LogP contribution in [0, 0.1) is 11.1 Å². The maximum Gasteiger partial charge on any atom is 0.416 e. The SMILES string of the molecule is COc1ccc([C@H](Cc2c(Cl)c[n+]([O-])cc2Cl)OC(=O)c2ccc(CN(C(=O)O[C@H]3CN4CCC3CC4)c3ccccn3)s2)cc1OC. The number of fused-ring (bicyclic) bond motifs is 3. The predicted octanol–water partition coefficient (Wildman–Crippen LogP) is 6.48. The molecule has 14 heteroatoms. The summed E-state index contributed by atoms with van der Waals surface area (Å²) in [5.41, 5.74) is 1.04. The molecule has 2 bridgehead atoms. The first kappa shape index (κ1) is 33.8. The molecular weight excluding hydrogens is 679 g/mol. The molecule has 3 aliphatic rings. The van der Waals surface area contributed by atoms with E-state index in [1.807, 2.05) is 6.07 Å². The van der Waals surface area contributed by atoms with Crippen LogP contribution < -0.4 is 19.1 Å². The zero-order valence-corrected chi connectivity index (χ0v) is 28.7. The highest BCUT2D eigenvalue weighted by Gasteiger charge is 2.37. The van der Waals surface area contributed by atoms with E-state index in [0.717, 1.165) is 37.4 Å². The summed E-state index contributed by atoms with van der Waals surface area (Å²) in [5, 5.41) is 12.1. The number of anilines is 1. The van der Waals surface area contributed by atoms with E-state index in [4.69, 9.17) is 42.1 Å². The van der Waals surface area contributed by atoms with E-state index in [1.54, 1.807) is 48.7 Å². The lowest BCUT2D eigenvalue weighted by Crippen LogP contribution is -2.53. The fourth-order valence-electron chi connectivity index (χ4n) is 6.10. The second kappa shape index (κ2) is 15.0. The Balaban J connectivity index is 1.22. The number of benzene rings is 1. The molecule has 0 radical (unpaired) electrons. The highest BCUT2D eigenvalue weighted by molar-refractivity contribution is 7.13. The fraction of sp³-hybridized carbons (Fsp3) is 0.353. The van der Waals surface area contributed by atoms with E-state index >= 15 is 0 Å². The average Bonchev–Trinajstić information content (AvgIpc) is 3.57. The number of aromatic nitrogens is 2. The molecule has 252 valence electrons. The zero-order chi connectivity index (χ0) is 33.8. The predicted molar refractivity (Wildman–Crippen MR) is 181 cm³/mol. The minimum Gasteiger partial charge on any atom is -0.619 e. The van der Waals surface area contributed by atoms with E-state index in [2.05, 4.69) is 9.88 Å². The molecule has 0 unspecified atom stereocenters. The van der Waals surface area contributed by atoms with Crippen molar-refractivity contribution >= 4 is 52.4 Å². The highest BCUT2D eigenvalue weighted by Crippen LogP contribution is 2.36. The van der Waals surface area contributed by atoms with Crippen LogP contribution in [0.5, 0.6) is 11.5 Å². The third kappa shape index (κ3) is 7.62. The lowest BCUT2D eigenvalue weighted by molar-refractivity contribution is -0.605. The van der Waals surface area contributed by atoms with Crippen LogP contribution in [0.15, 0.2) is 67.1 Å². The van der Waals surface area contributed by atoms with Crippen LogP contribution in [0.1, 0.15) is 44.6 Å². The first-order valence-electron chi connectivity index (χ1n) is 15.4. The van der Waals surface area contributed by atoms with Crippen molar-refractivity contribution in [1.82, 2.24) is 9.88 Å². The maximum atomic E-state index is 13.6. The third-order valence-electron chi connectivity index (χ3n) is 8.65. The summed E-state index contributed by atoms with van der Waals surface area (Å²) in [7, 11) is 3.03. The number of thiophene rings is 1. The number of pyridine rings is 2. The number of halogens is 2. The summed E-state index contributed by atoms with van der Waals surface area (Å²) in [6.45, 7) is 2.96. The Morgan fingerprint density at radius 2 is 1.81 bits per heavy atom. The summed E-state index contributed by atoms with van der Waals surface area (Å²) in [4.78, 5) is 36.5. The van der Waals surface area contributed by atoms with Gasteiger partial charge in [-0.2, -0.15) is 4.73 Å². The van der Waals surface area contributed by atoms with E-state index in [9.17, 15) is 14.8 Å². The first-order chi connectivity index (χ1) is 23.2. The number of rotatable bonds is 11. The number of ether oxygens (including phenoxy) is 4. The molecule has 1 aromatic carbocycles. The van der Waals surface area contributed by atoms with Crippen molar-refractivity contribution in [2.45, 2.75) is 38.0 Å². The molecule has 2 atom stereocenters. The van der Waals surface area contributed by atoms with Gasteiger partial charge in [-0.05, 0) is 73.8 Å². The maximum absolute atomic E-state index is 13.6. The van der Waals surface area contributed by atoms with Crippen molar-refractivity contribution in [3.05, 3.63) is 103 Å². The van der Waals surface area contributed by atoms with Crippen LogP contribution in [-0.2, 0) is 22.4 Å². The molecular formula is C34H34Cl2N4O7S. The van der Waals surface area contributed by atoms with Gasteiger partial charge in [0, 0.05) is 29.6 Å². The van der Waals surface area contributed by atoms with Gasteiger partial charge in [0.2, 0.25) is 0 Å². The molecule has 0 aliphatic carbocycles. The van der Waals surface area contributed by atoms with Crippen molar-refractivity contribution < 1.29 is 33.3 Å². The Bertz CT molecular complexity index is 1740. The summed E-state index contributed by atoms with van der Waals surface area (Å²) in [6.07, 6.45) is 4.62. The van der Waals surface area contributed by atoms with Crippen LogP contribution >= 0.6 is 34.5 Å². The van der Waals surface area contributed by atoms with Gasteiger partial charge in [0.15, 0.2) is 23.9 Å². The quantitative estimate of drug-likeness (QED) is 0.0979. The summed E-state index contributed by atoms with van der Waals surface area (Å²) < 4.78 is 23.5. The summed E-state index contributed by atoms with van der Waals surface area (Å²) in [5.74, 6) is 1.16. The second-order valence-corrected chi connectivity index (χ2v) is 13.6. The average molecular weight is 714 g/mol. The number of methoxy groups -OCH3 is 2. The normalized spacial score (nSPS) is 19.0. The molecule has 0 saturated carbocycles. The van der Waals surface area contributed by atoms with Crippen LogP contribution in [-0.4, -0.2) is 61.9 Å². The first-order valence-corrected chi connectivity index (χ1v) is 17.0. The van der Waals surface area contributed by atoms with Crippen molar-refractivity contribution in [3.63, 3.8) is 0 Å². The molecule has 11 nitrogen and oxygen atoms in total. The molecule has 3 aliphatic heterocycles. The number of esters is 1. The highest BCUT2D eigenvalue weighted by atomic mass is 35.5. The molecule has 0 N–H and O–H groups in total. The molecule has 3 fully saturated rings. The van der Waals surface area contributed by atoms with Crippen molar-refractivity contribution in [2.75, 3.05) is 38.8 Å².